The van der Waals surface area contributed by atoms with E-state index in [0.29, 0.717) is 18.1 Å². The summed E-state index contributed by atoms with van der Waals surface area (Å²) >= 11 is 1.33. The molecule has 21 heavy (non-hydrogen) atoms. The van der Waals surface area contributed by atoms with E-state index >= 15 is 0 Å². The van der Waals surface area contributed by atoms with Crippen LogP contribution >= 0.6 is 0 Å². The normalized spacial score (nSPS) is 9.19. The van der Waals surface area contributed by atoms with Crippen molar-refractivity contribution in [2.24, 2.45) is 3.50 Å². The molecular formula is C17H37N3W-4. The van der Waals surface area contributed by atoms with Crippen LogP contribution in [0, 0.1) is 12.8 Å². The Morgan fingerprint density at radius 3 is 1.05 bits per heavy atom. The summed E-state index contributed by atoms with van der Waals surface area (Å²) in [5, 5.41) is 8.24. The first-order valence-corrected chi connectivity index (χ1v) is 8.89. The average Bonchev–Trinajstić information content (AvgIpc) is 2.37. The number of hydrogen-bond acceptors (Lipinski definition) is 1. The zero-order valence-electron chi connectivity index (χ0n) is 15.8. The van der Waals surface area contributed by atoms with Gasteiger partial charge in [-0.05, 0) is 0 Å². The molecule has 0 heterocycles. The van der Waals surface area contributed by atoms with E-state index in [0.717, 1.165) is 0 Å². The van der Waals surface area contributed by atoms with Gasteiger partial charge in [0.2, 0.25) is 0 Å². The fraction of sp³-hybridized carbons (Fsp3) is 0.765. The zero-order chi connectivity index (χ0) is 17.7. The molecule has 0 bridgehead atoms. The molecule has 0 aromatic rings. The van der Waals surface area contributed by atoms with E-state index in [-0.39, 0.29) is 0 Å². The summed E-state index contributed by atoms with van der Waals surface area (Å²) in [6, 6.07) is 1.29. The largest absolute Gasteiger partial charge is 0.335 e. The topological polar surface area (TPSA) is 40.6 Å². The van der Waals surface area contributed by atoms with Crippen molar-refractivity contribution >= 4 is 0 Å². The summed E-state index contributed by atoms with van der Waals surface area (Å²) in [5.41, 5.74) is 0. The summed E-state index contributed by atoms with van der Waals surface area (Å²) in [6.07, 6.45) is 7.51. The van der Waals surface area contributed by atoms with Crippen LogP contribution in [0.4, 0.5) is 0 Å². The Bertz CT molecular complexity index is 176. The minimum absolute atomic E-state index is 0.374. The van der Waals surface area contributed by atoms with Crippen LogP contribution < -0.4 is 0 Å². The SMILES string of the molecule is CC(C)[N-]/C=C\[N-]C(C)C.CC(C)[N]=[W].C[CH-]C.C[CH-]C. The van der Waals surface area contributed by atoms with Gasteiger partial charge in [0.15, 0.2) is 0 Å². The Kier molecular flexibility index (Phi) is 38.6. The van der Waals surface area contributed by atoms with Gasteiger partial charge in [-0.1, -0.05) is 27.7 Å². The average molecular weight is 467 g/mol. The first kappa shape index (κ1) is 28.9. The third-order valence-electron chi connectivity index (χ3n) is 1.05. The summed E-state index contributed by atoms with van der Waals surface area (Å²) in [5.74, 6) is 0. The fourth-order valence-corrected chi connectivity index (χ4v) is 0.421. The second-order valence-corrected chi connectivity index (χ2v) is 5.90. The standard InChI is InChI=1S/C8H16N2.C3H7N.2C3H7.W/c1-7(2)9-5-6-10-8(3)4;1-3(2)4;2*1-3-2;/h5-8H,1-4H3;3H,1-2H3;2*3H,1-2H3;/q-2;;2*-1;/b6-5-;;;;. The van der Waals surface area contributed by atoms with Gasteiger partial charge in [-0.25, -0.2) is 12.4 Å². The van der Waals surface area contributed by atoms with Gasteiger partial charge in [-0.3, -0.25) is 0 Å². The van der Waals surface area contributed by atoms with Crippen LogP contribution in [-0.2, 0) is 19.6 Å². The van der Waals surface area contributed by atoms with Crippen molar-refractivity contribution < 1.29 is 19.6 Å². The van der Waals surface area contributed by atoms with E-state index in [2.05, 4.69) is 28.0 Å². The molecule has 130 valence electrons. The molecule has 0 amide bonds. The Morgan fingerprint density at radius 2 is 0.952 bits per heavy atom. The maximum Gasteiger partial charge on any atom is -0.192 e. The molecule has 0 aliphatic carbocycles. The number of rotatable bonds is 5. The van der Waals surface area contributed by atoms with Gasteiger partial charge < -0.3 is 23.5 Å². The van der Waals surface area contributed by atoms with Crippen LogP contribution in [0.3, 0.4) is 0 Å². The number of nitrogens with zero attached hydrogens (tertiary/aromatic N) is 3. The molecule has 0 aliphatic rings. The van der Waals surface area contributed by atoms with Crippen molar-refractivity contribution in [1.82, 2.24) is 0 Å². The summed E-state index contributed by atoms with van der Waals surface area (Å²) in [7, 11) is 0. The van der Waals surface area contributed by atoms with Crippen molar-refractivity contribution in [2.45, 2.75) is 87.4 Å². The van der Waals surface area contributed by atoms with Gasteiger partial charge >= 0.3 is 43.0 Å². The Labute approximate surface area is 146 Å². The summed E-state index contributed by atoms with van der Waals surface area (Å²) in [6.45, 7) is 20.3. The summed E-state index contributed by atoms with van der Waals surface area (Å²) in [4.78, 5) is 0. The van der Waals surface area contributed by atoms with E-state index in [1.54, 1.807) is 12.4 Å². The molecule has 0 N–H and O–H groups in total. The molecule has 0 saturated carbocycles. The predicted molar refractivity (Wildman–Crippen MR) is 95.0 cm³/mol. The smallest absolute Gasteiger partial charge is 0.192 e. The molecule has 0 unspecified atom stereocenters. The predicted octanol–water partition coefficient (Wildman–Crippen LogP) is 6.61. The van der Waals surface area contributed by atoms with Gasteiger partial charge in [-0.15, -0.1) is 12.1 Å². The fourth-order valence-electron chi connectivity index (χ4n) is 0.421. The Morgan fingerprint density at radius 1 is 0.762 bits per heavy atom. The molecule has 0 fully saturated rings. The molecule has 0 saturated heterocycles. The van der Waals surface area contributed by atoms with Crippen LogP contribution in [0.1, 0.15) is 69.2 Å². The molecule has 4 heteroatoms. The molecule has 0 radical (unpaired) electrons. The summed E-state index contributed by atoms with van der Waals surface area (Å²) < 4.78 is 3.97. The molecule has 0 aromatic heterocycles. The maximum atomic E-state index is 4.12. The second kappa shape index (κ2) is 28.1. The zero-order valence-corrected chi connectivity index (χ0v) is 18.7. The molecule has 0 aromatic carbocycles. The first-order valence-electron chi connectivity index (χ1n) is 7.58. The maximum absolute atomic E-state index is 4.12. The molecule has 0 aliphatic heterocycles. The second-order valence-electron chi connectivity index (χ2n) is 5.14. The van der Waals surface area contributed by atoms with Crippen LogP contribution in [0.25, 0.3) is 10.6 Å². The minimum atomic E-state index is 0.374. The molecular weight excluding hydrogens is 430 g/mol. The van der Waals surface area contributed by atoms with Crippen LogP contribution in [-0.4, -0.2) is 18.1 Å². The Balaban J connectivity index is -0.000000110. The quantitative estimate of drug-likeness (QED) is 0.409. The number of hydrogen-bond donors (Lipinski definition) is 0. The third kappa shape index (κ3) is 80.9. The monoisotopic (exact) mass is 467 g/mol. The van der Waals surface area contributed by atoms with Crippen LogP contribution in [0.2, 0.25) is 0 Å². The third-order valence-corrected chi connectivity index (χ3v) is 2.56. The van der Waals surface area contributed by atoms with E-state index < -0.39 is 0 Å². The van der Waals surface area contributed by atoms with Gasteiger partial charge in [0.05, 0.1) is 0 Å². The minimum Gasteiger partial charge on any atom is -0.335 e. The van der Waals surface area contributed by atoms with E-state index in [9.17, 15) is 0 Å². The van der Waals surface area contributed by atoms with E-state index in [1.165, 1.54) is 19.6 Å². The van der Waals surface area contributed by atoms with Crippen LogP contribution in [0.5, 0.6) is 0 Å². The van der Waals surface area contributed by atoms with Crippen molar-refractivity contribution in [3.05, 3.63) is 35.9 Å². The molecule has 0 atom stereocenters. The van der Waals surface area contributed by atoms with Crippen molar-refractivity contribution in [3.63, 3.8) is 0 Å². The Hall–Kier alpha value is -0.172. The first-order chi connectivity index (χ1) is 9.72. The van der Waals surface area contributed by atoms with Crippen LogP contribution in [0.15, 0.2) is 15.9 Å². The van der Waals surface area contributed by atoms with Gasteiger partial charge in [0.25, 0.3) is 0 Å². The van der Waals surface area contributed by atoms with Crippen molar-refractivity contribution in [2.75, 3.05) is 0 Å². The molecule has 0 spiro atoms. The van der Waals surface area contributed by atoms with Gasteiger partial charge in [-0.2, -0.15) is 27.7 Å². The van der Waals surface area contributed by atoms with E-state index in [4.69, 9.17) is 0 Å². The van der Waals surface area contributed by atoms with Crippen molar-refractivity contribution in [1.29, 1.82) is 0 Å². The molecule has 3 nitrogen and oxygen atoms in total. The molecule has 0 rings (SSSR count). The van der Waals surface area contributed by atoms with Crippen molar-refractivity contribution in [3.8, 4) is 0 Å². The van der Waals surface area contributed by atoms with Gasteiger partial charge in [0.1, 0.15) is 0 Å². The van der Waals surface area contributed by atoms with Gasteiger partial charge in [0, 0.05) is 0 Å². The van der Waals surface area contributed by atoms with E-state index in [1.807, 2.05) is 68.2 Å².